The van der Waals surface area contributed by atoms with Crippen LogP contribution < -0.4 is 5.43 Å². The van der Waals surface area contributed by atoms with Crippen molar-refractivity contribution in [2.75, 3.05) is 0 Å². The molecule has 5 nitrogen and oxygen atoms in total. The lowest BCUT2D eigenvalue weighted by Gasteiger charge is -2.07. The van der Waals surface area contributed by atoms with Gasteiger partial charge in [0.05, 0.1) is 11.4 Å². The van der Waals surface area contributed by atoms with Crippen molar-refractivity contribution in [2.45, 2.75) is 18.8 Å². The standard InChI is InChI=1S/C17H13ClN4O/c18-12-3-5-13(6-4-12)22-10-8-15(23)16(21-22)14-7-9-19-17(20-14)11-1-2-11/h3-11H,1-2H2. The number of aromatic nitrogens is 4. The molecule has 1 aromatic carbocycles. The summed E-state index contributed by atoms with van der Waals surface area (Å²) in [5.74, 6) is 1.22. The van der Waals surface area contributed by atoms with Gasteiger partial charge in [-0.25, -0.2) is 14.6 Å². The van der Waals surface area contributed by atoms with Crippen molar-refractivity contribution in [1.29, 1.82) is 0 Å². The summed E-state index contributed by atoms with van der Waals surface area (Å²) in [5, 5.41) is 5.09. The van der Waals surface area contributed by atoms with E-state index in [9.17, 15) is 4.79 Å². The van der Waals surface area contributed by atoms with E-state index in [4.69, 9.17) is 11.6 Å². The van der Waals surface area contributed by atoms with Gasteiger partial charge in [-0.2, -0.15) is 5.10 Å². The van der Waals surface area contributed by atoms with Gasteiger partial charge >= 0.3 is 0 Å². The molecule has 114 valence electrons. The monoisotopic (exact) mass is 324 g/mol. The summed E-state index contributed by atoms with van der Waals surface area (Å²) in [6, 6.07) is 10.5. The van der Waals surface area contributed by atoms with Gasteiger partial charge in [0.2, 0.25) is 5.43 Å². The van der Waals surface area contributed by atoms with Crippen LogP contribution in [0.15, 0.2) is 53.6 Å². The molecule has 23 heavy (non-hydrogen) atoms. The molecule has 0 aliphatic heterocycles. The molecule has 1 saturated carbocycles. The Morgan fingerprint density at radius 3 is 2.61 bits per heavy atom. The molecular formula is C17H13ClN4O. The van der Waals surface area contributed by atoms with E-state index in [1.165, 1.54) is 6.07 Å². The summed E-state index contributed by atoms with van der Waals surface area (Å²) in [6.45, 7) is 0. The second-order valence-electron chi connectivity index (χ2n) is 5.52. The Hall–Kier alpha value is -2.53. The molecule has 4 rings (SSSR count). The summed E-state index contributed by atoms with van der Waals surface area (Å²) < 4.78 is 1.64. The molecule has 0 spiro atoms. The van der Waals surface area contributed by atoms with Crippen LogP contribution in [0.1, 0.15) is 24.6 Å². The summed E-state index contributed by atoms with van der Waals surface area (Å²) in [6.07, 6.45) is 5.55. The maximum atomic E-state index is 12.2. The third kappa shape index (κ3) is 2.87. The van der Waals surface area contributed by atoms with E-state index in [2.05, 4.69) is 15.1 Å². The molecule has 0 atom stereocenters. The summed E-state index contributed by atoms with van der Waals surface area (Å²) in [7, 11) is 0. The van der Waals surface area contributed by atoms with Gasteiger partial charge in [-0.05, 0) is 43.2 Å². The van der Waals surface area contributed by atoms with Gasteiger partial charge in [0.1, 0.15) is 5.82 Å². The molecular weight excluding hydrogens is 312 g/mol. The van der Waals surface area contributed by atoms with Gasteiger partial charge in [0.15, 0.2) is 5.69 Å². The molecule has 1 aliphatic carbocycles. The zero-order valence-corrected chi connectivity index (χ0v) is 12.9. The Morgan fingerprint density at radius 1 is 1.09 bits per heavy atom. The minimum absolute atomic E-state index is 0.157. The number of hydrogen-bond donors (Lipinski definition) is 0. The first kappa shape index (κ1) is 14.1. The fourth-order valence-electron chi connectivity index (χ4n) is 2.37. The average Bonchev–Trinajstić information content (AvgIpc) is 3.41. The zero-order chi connectivity index (χ0) is 15.8. The molecule has 0 saturated heterocycles. The number of halogens is 1. The van der Waals surface area contributed by atoms with Crippen LogP contribution in [-0.4, -0.2) is 19.7 Å². The topological polar surface area (TPSA) is 60.7 Å². The van der Waals surface area contributed by atoms with Crippen molar-refractivity contribution >= 4 is 11.6 Å². The van der Waals surface area contributed by atoms with Crippen LogP contribution in [-0.2, 0) is 0 Å². The highest BCUT2D eigenvalue weighted by Gasteiger charge is 2.26. The van der Waals surface area contributed by atoms with Gasteiger partial charge in [0, 0.05) is 29.4 Å². The van der Waals surface area contributed by atoms with Gasteiger partial charge in [-0.1, -0.05) is 11.6 Å². The molecule has 1 fully saturated rings. The lowest BCUT2D eigenvalue weighted by molar-refractivity contribution is 0.835. The maximum Gasteiger partial charge on any atom is 0.209 e. The lowest BCUT2D eigenvalue weighted by atomic mass is 10.2. The average molecular weight is 325 g/mol. The number of nitrogens with zero attached hydrogens (tertiary/aromatic N) is 4. The molecule has 0 N–H and O–H groups in total. The Balaban J connectivity index is 1.79. The van der Waals surface area contributed by atoms with Crippen molar-refractivity contribution < 1.29 is 0 Å². The van der Waals surface area contributed by atoms with Gasteiger partial charge in [-0.15, -0.1) is 0 Å². The number of hydrogen-bond acceptors (Lipinski definition) is 4. The molecule has 0 amide bonds. The van der Waals surface area contributed by atoms with E-state index < -0.39 is 0 Å². The van der Waals surface area contributed by atoms with Gasteiger partial charge in [0.25, 0.3) is 0 Å². The van der Waals surface area contributed by atoms with Crippen LogP contribution in [0.5, 0.6) is 0 Å². The van der Waals surface area contributed by atoms with Gasteiger partial charge in [-0.3, -0.25) is 4.79 Å². The lowest BCUT2D eigenvalue weighted by Crippen LogP contribution is -2.13. The van der Waals surface area contributed by atoms with E-state index in [1.54, 1.807) is 35.3 Å². The van der Waals surface area contributed by atoms with E-state index in [0.29, 0.717) is 22.3 Å². The predicted octanol–water partition coefficient (Wildman–Crippen LogP) is 3.22. The highest BCUT2D eigenvalue weighted by atomic mass is 35.5. The first-order chi connectivity index (χ1) is 11.2. The zero-order valence-electron chi connectivity index (χ0n) is 12.2. The van der Waals surface area contributed by atoms with Crippen LogP contribution in [0.4, 0.5) is 0 Å². The van der Waals surface area contributed by atoms with Crippen molar-refractivity contribution in [1.82, 2.24) is 19.7 Å². The minimum Gasteiger partial charge on any atom is -0.287 e. The number of benzene rings is 1. The smallest absolute Gasteiger partial charge is 0.209 e. The van der Waals surface area contributed by atoms with E-state index in [0.717, 1.165) is 24.4 Å². The minimum atomic E-state index is -0.157. The van der Waals surface area contributed by atoms with Crippen molar-refractivity contribution in [3.63, 3.8) is 0 Å². The molecule has 3 aromatic rings. The first-order valence-corrected chi connectivity index (χ1v) is 7.78. The predicted molar refractivity (Wildman–Crippen MR) is 87.8 cm³/mol. The maximum absolute atomic E-state index is 12.2. The van der Waals surface area contributed by atoms with E-state index in [-0.39, 0.29) is 5.43 Å². The second kappa shape index (κ2) is 5.59. The quantitative estimate of drug-likeness (QED) is 0.742. The highest BCUT2D eigenvalue weighted by molar-refractivity contribution is 6.30. The first-order valence-electron chi connectivity index (χ1n) is 7.40. The summed E-state index contributed by atoms with van der Waals surface area (Å²) in [4.78, 5) is 21.0. The van der Waals surface area contributed by atoms with Crippen molar-refractivity contribution in [2.24, 2.45) is 0 Å². The third-order valence-electron chi connectivity index (χ3n) is 3.76. The van der Waals surface area contributed by atoms with Crippen LogP contribution >= 0.6 is 11.6 Å². The highest BCUT2D eigenvalue weighted by Crippen LogP contribution is 2.38. The Kier molecular flexibility index (Phi) is 3.42. The van der Waals surface area contributed by atoms with Crippen LogP contribution in [0.2, 0.25) is 5.02 Å². The third-order valence-corrected chi connectivity index (χ3v) is 4.01. The van der Waals surface area contributed by atoms with Crippen molar-refractivity contribution in [3.8, 4) is 17.1 Å². The van der Waals surface area contributed by atoms with E-state index in [1.807, 2.05) is 12.1 Å². The molecule has 0 bridgehead atoms. The molecule has 1 aliphatic rings. The molecule has 2 heterocycles. The summed E-state index contributed by atoms with van der Waals surface area (Å²) >= 11 is 5.91. The fourth-order valence-corrected chi connectivity index (χ4v) is 2.49. The Morgan fingerprint density at radius 2 is 1.87 bits per heavy atom. The normalized spacial score (nSPS) is 14.0. The SMILES string of the molecule is O=c1ccn(-c2ccc(Cl)cc2)nc1-c1ccnc(C2CC2)n1. The largest absolute Gasteiger partial charge is 0.287 e. The molecule has 0 unspecified atom stereocenters. The summed E-state index contributed by atoms with van der Waals surface area (Å²) in [5.41, 5.74) is 1.56. The van der Waals surface area contributed by atoms with E-state index >= 15 is 0 Å². The van der Waals surface area contributed by atoms with Crippen molar-refractivity contribution in [3.05, 3.63) is 69.9 Å². The second-order valence-corrected chi connectivity index (χ2v) is 5.96. The fraction of sp³-hybridized carbons (Fsp3) is 0.176. The number of rotatable bonds is 3. The van der Waals surface area contributed by atoms with Crippen LogP contribution in [0, 0.1) is 0 Å². The Labute approximate surface area is 137 Å². The molecule has 2 aromatic heterocycles. The van der Waals surface area contributed by atoms with Gasteiger partial charge < -0.3 is 0 Å². The molecule has 6 heteroatoms. The van der Waals surface area contributed by atoms with Crippen LogP contribution in [0.25, 0.3) is 17.1 Å². The van der Waals surface area contributed by atoms with Crippen LogP contribution in [0.3, 0.4) is 0 Å². The Bertz CT molecular complexity index is 916. The molecule has 0 radical (unpaired) electrons.